The highest BCUT2D eigenvalue weighted by Gasteiger charge is 2.20. The van der Waals surface area contributed by atoms with Crippen LogP contribution in [0.25, 0.3) is 0 Å². The molecule has 3 heteroatoms. The van der Waals surface area contributed by atoms with Crippen LogP contribution in [0.15, 0.2) is 24.5 Å². The number of nitriles is 1. The molecule has 3 nitrogen and oxygen atoms in total. The van der Waals surface area contributed by atoms with E-state index in [9.17, 15) is 4.79 Å². The largest absolute Gasteiger partial charge is 0.293 e. The van der Waals surface area contributed by atoms with E-state index in [1.807, 2.05) is 13.8 Å². The van der Waals surface area contributed by atoms with Gasteiger partial charge in [0.25, 0.3) is 0 Å². The fourth-order valence-corrected chi connectivity index (χ4v) is 1.40. The fourth-order valence-electron chi connectivity index (χ4n) is 1.40. The van der Waals surface area contributed by atoms with E-state index in [4.69, 9.17) is 5.26 Å². The molecule has 0 aliphatic heterocycles. The Bertz CT molecular complexity index is 365. The lowest BCUT2D eigenvalue weighted by atomic mass is 9.91. The first-order chi connectivity index (χ1) is 7.15. The van der Waals surface area contributed by atoms with Gasteiger partial charge in [-0.15, -0.1) is 0 Å². The van der Waals surface area contributed by atoms with Gasteiger partial charge in [0.2, 0.25) is 0 Å². The van der Waals surface area contributed by atoms with Crippen molar-refractivity contribution >= 4 is 5.78 Å². The van der Waals surface area contributed by atoms with Crippen molar-refractivity contribution in [3.63, 3.8) is 0 Å². The first kappa shape index (κ1) is 11.4. The van der Waals surface area contributed by atoms with Crippen molar-refractivity contribution in [2.45, 2.75) is 20.3 Å². The number of aromatic nitrogens is 1. The van der Waals surface area contributed by atoms with E-state index in [1.54, 1.807) is 18.3 Å². The third-order valence-corrected chi connectivity index (χ3v) is 2.13. The Kier molecular flexibility index (Phi) is 3.99. The zero-order chi connectivity index (χ0) is 11.3. The van der Waals surface area contributed by atoms with Gasteiger partial charge in [-0.3, -0.25) is 9.78 Å². The molecule has 0 aromatic carbocycles. The first-order valence-corrected chi connectivity index (χ1v) is 4.99. The van der Waals surface area contributed by atoms with Crippen molar-refractivity contribution in [2.24, 2.45) is 11.8 Å². The molecule has 1 rings (SSSR count). The van der Waals surface area contributed by atoms with Gasteiger partial charge in [0, 0.05) is 18.0 Å². The molecule has 0 aliphatic rings. The number of ketones is 1. The molecular formula is C12H14N2O. The summed E-state index contributed by atoms with van der Waals surface area (Å²) >= 11 is 0. The molecule has 0 aliphatic carbocycles. The molecule has 1 aromatic rings. The monoisotopic (exact) mass is 202 g/mol. The van der Waals surface area contributed by atoms with Gasteiger partial charge in [0.05, 0.1) is 6.07 Å². The normalized spacial score (nSPS) is 12.1. The molecule has 1 unspecified atom stereocenters. The van der Waals surface area contributed by atoms with Crippen LogP contribution in [-0.4, -0.2) is 10.8 Å². The molecule has 1 aromatic heterocycles. The van der Waals surface area contributed by atoms with Crippen LogP contribution in [0.2, 0.25) is 0 Å². The number of nitrogens with zero attached hydrogens (tertiary/aromatic N) is 2. The molecule has 78 valence electrons. The summed E-state index contributed by atoms with van der Waals surface area (Å²) in [7, 11) is 0. The molecular weight excluding hydrogens is 188 g/mol. The fraction of sp³-hybridized carbons (Fsp3) is 0.417. The summed E-state index contributed by atoms with van der Waals surface area (Å²) < 4.78 is 0. The van der Waals surface area contributed by atoms with Crippen molar-refractivity contribution in [1.29, 1.82) is 5.26 Å². The van der Waals surface area contributed by atoms with Crippen molar-refractivity contribution in [1.82, 2.24) is 4.98 Å². The van der Waals surface area contributed by atoms with Gasteiger partial charge in [0.15, 0.2) is 5.78 Å². The first-order valence-electron chi connectivity index (χ1n) is 4.99. The summed E-state index contributed by atoms with van der Waals surface area (Å²) in [6.07, 6.45) is 3.72. The van der Waals surface area contributed by atoms with Crippen molar-refractivity contribution in [3.8, 4) is 6.07 Å². The average molecular weight is 202 g/mol. The van der Waals surface area contributed by atoms with Crippen LogP contribution < -0.4 is 0 Å². The van der Waals surface area contributed by atoms with E-state index in [1.165, 1.54) is 6.20 Å². The minimum absolute atomic E-state index is 0.126. The summed E-state index contributed by atoms with van der Waals surface area (Å²) in [5, 5.41) is 8.92. The Morgan fingerprint density at radius 1 is 1.60 bits per heavy atom. The Morgan fingerprint density at radius 2 is 2.33 bits per heavy atom. The quantitative estimate of drug-likeness (QED) is 0.705. The molecule has 0 N–H and O–H groups in total. The Balaban J connectivity index is 2.80. The van der Waals surface area contributed by atoms with Crippen LogP contribution >= 0.6 is 0 Å². The van der Waals surface area contributed by atoms with Gasteiger partial charge < -0.3 is 0 Å². The summed E-state index contributed by atoms with van der Waals surface area (Å²) in [5.74, 6) is -0.330. The number of hydrogen-bond acceptors (Lipinski definition) is 3. The van der Waals surface area contributed by atoms with Gasteiger partial charge >= 0.3 is 0 Å². The van der Waals surface area contributed by atoms with Gasteiger partial charge in [0.1, 0.15) is 5.92 Å². The Morgan fingerprint density at radius 3 is 2.80 bits per heavy atom. The minimum atomic E-state index is -0.547. The van der Waals surface area contributed by atoms with E-state index in [2.05, 4.69) is 11.1 Å². The highest BCUT2D eigenvalue weighted by Crippen LogP contribution is 2.16. The average Bonchev–Trinajstić information content (AvgIpc) is 2.26. The molecule has 0 amide bonds. The lowest BCUT2D eigenvalue weighted by Crippen LogP contribution is -2.15. The van der Waals surface area contributed by atoms with E-state index >= 15 is 0 Å². The van der Waals surface area contributed by atoms with Gasteiger partial charge in [-0.05, 0) is 24.5 Å². The maximum absolute atomic E-state index is 11.8. The Labute approximate surface area is 89.8 Å². The second kappa shape index (κ2) is 5.26. The van der Waals surface area contributed by atoms with Crippen LogP contribution in [0.3, 0.4) is 0 Å². The maximum Gasteiger partial charge on any atom is 0.181 e. The second-order valence-corrected chi connectivity index (χ2v) is 3.92. The second-order valence-electron chi connectivity index (χ2n) is 3.92. The maximum atomic E-state index is 11.8. The molecule has 1 atom stereocenters. The van der Waals surface area contributed by atoms with Crippen LogP contribution in [0.1, 0.15) is 30.6 Å². The number of carbonyl (C=O) groups is 1. The SMILES string of the molecule is CC(C)CC(C#N)C(=O)c1cccnc1. The zero-order valence-corrected chi connectivity index (χ0v) is 8.97. The molecule has 0 radical (unpaired) electrons. The third-order valence-electron chi connectivity index (χ3n) is 2.13. The van der Waals surface area contributed by atoms with E-state index < -0.39 is 5.92 Å². The summed E-state index contributed by atoms with van der Waals surface area (Å²) in [5.41, 5.74) is 0.518. The third kappa shape index (κ3) is 3.17. The molecule has 0 bridgehead atoms. The lowest BCUT2D eigenvalue weighted by molar-refractivity contribution is 0.0936. The van der Waals surface area contributed by atoms with E-state index in [0.29, 0.717) is 17.9 Å². The van der Waals surface area contributed by atoms with Crippen molar-refractivity contribution in [3.05, 3.63) is 30.1 Å². The van der Waals surface area contributed by atoms with Gasteiger partial charge in [-0.1, -0.05) is 13.8 Å². The highest BCUT2D eigenvalue weighted by molar-refractivity contribution is 5.99. The lowest BCUT2D eigenvalue weighted by Gasteiger charge is -2.09. The minimum Gasteiger partial charge on any atom is -0.293 e. The molecule has 0 saturated carbocycles. The highest BCUT2D eigenvalue weighted by atomic mass is 16.1. The van der Waals surface area contributed by atoms with Crippen molar-refractivity contribution < 1.29 is 4.79 Å². The molecule has 0 spiro atoms. The predicted molar refractivity (Wildman–Crippen MR) is 57.1 cm³/mol. The van der Waals surface area contributed by atoms with E-state index in [0.717, 1.165) is 0 Å². The van der Waals surface area contributed by atoms with E-state index in [-0.39, 0.29) is 5.78 Å². The number of Topliss-reactive ketones (excluding diaryl/α,β-unsaturated/α-hetero) is 1. The van der Waals surface area contributed by atoms with Crippen LogP contribution in [0.4, 0.5) is 0 Å². The summed E-state index contributed by atoms with van der Waals surface area (Å²) in [6.45, 7) is 4.00. The van der Waals surface area contributed by atoms with Gasteiger partial charge in [-0.25, -0.2) is 0 Å². The summed E-state index contributed by atoms with van der Waals surface area (Å²) in [4.78, 5) is 15.7. The summed E-state index contributed by atoms with van der Waals surface area (Å²) in [6, 6.07) is 5.45. The number of carbonyl (C=O) groups excluding carboxylic acids is 1. The smallest absolute Gasteiger partial charge is 0.181 e. The van der Waals surface area contributed by atoms with Gasteiger partial charge in [-0.2, -0.15) is 5.26 Å². The molecule has 0 saturated heterocycles. The molecule has 0 fully saturated rings. The van der Waals surface area contributed by atoms with Crippen LogP contribution in [-0.2, 0) is 0 Å². The standard InChI is InChI=1S/C12H14N2O/c1-9(2)6-11(7-13)12(15)10-4-3-5-14-8-10/h3-5,8-9,11H,6H2,1-2H3. The topological polar surface area (TPSA) is 53.8 Å². The number of hydrogen-bond donors (Lipinski definition) is 0. The molecule has 1 heterocycles. The van der Waals surface area contributed by atoms with Crippen molar-refractivity contribution in [2.75, 3.05) is 0 Å². The molecule has 15 heavy (non-hydrogen) atoms. The van der Waals surface area contributed by atoms with Crippen LogP contribution in [0, 0.1) is 23.2 Å². The van der Waals surface area contributed by atoms with Crippen LogP contribution in [0.5, 0.6) is 0 Å². The Hall–Kier alpha value is -1.69. The predicted octanol–water partition coefficient (Wildman–Crippen LogP) is 2.45. The zero-order valence-electron chi connectivity index (χ0n) is 8.97. The number of pyridine rings is 1. The number of rotatable bonds is 4.